The zero-order chi connectivity index (χ0) is 11.5. The standard InChI is InChI=1S/C12H20N2OS/c1-2-11-8-14(5-6-16-11)12(15)9-3-4-10(13)7-9/h3-4,9-11H,2,5-8,13H2,1H3. The van der Waals surface area contributed by atoms with Gasteiger partial charge in [-0.05, 0) is 12.8 Å². The van der Waals surface area contributed by atoms with Crippen LogP contribution in [0.1, 0.15) is 19.8 Å². The first kappa shape index (κ1) is 12.0. The first-order valence-corrected chi connectivity index (χ1v) is 7.10. The average molecular weight is 240 g/mol. The molecule has 1 amide bonds. The van der Waals surface area contributed by atoms with Crippen LogP contribution in [-0.2, 0) is 4.79 Å². The van der Waals surface area contributed by atoms with E-state index in [0.717, 1.165) is 31.7 Å². The van der Waals surface area contributed by atoms with E-state index in [-0.39, 0.29) is 17.9 Å². The molecule has 0 aromatic rings. The quantitative estimate of drug-likeness (QED) is 0.739. The molecule has 3 unspecified atom stereocenters. The SMILES string of the molecule is CCC1CN(C(=O)C2C=CC(N)C2)CCS1. The number of carbonyl (C=O) groups is 1. The van der Waals surface area contributed by atoms with Crippen molar-refractivity contribution in [3.63, 3.8) is 0 Å². The zero-order valence-electron chi connectivity index (χ0n) is 9.76. The number of hydrogen-bond donors (Lipinski definition) is 1. The summed E-state index contributed by atoms with van der Waals surface area (Å²) < 4.78 is 0. The molecule has 16 heavy (non-hydrogen) atoms. The molecule has 3 nitrogen and oxygen atoms in total. The van der Waals surface area contributed by atoms with Gasteiger partial charge in [-0.3, -0.25) is 4.79 Å². The molecule has 0 aromatic carbocycles. The van der Waals surface area contributed by atoms with Gasteiger partial charge in [-0.15, -0.1) is 0 Å². The molecule has 1 saturated heterocycles. The van der Waals surface area contributed by atoms with Gasteiger partial charge in [0.1, 0.15) is 0 Å². The minimum atomic E-state index is 0.0376. The second-order valence-electron chi connectivity index (χ2n) is 4.58. The molecule has 1 fully saturated rings. The van der Waals surface area contributed by atoms with E-state index >= 15 is 0 Å². The lowest BCUT2D eigenvalue weighted by Crippen LogP contribution is -2.44. The van der Waals surface area contributed by atoms with Crippen LogP contribution in [0.4, 0.5) is 0 Å². The van der Waals surface area contributed by atoms with Gasteiger partial charge in [0.2, 0.25) is 5.91 Å². The maximum absolute atomic E-state index is 12.2. The van der Waals surface area contributed by atoms with Gasteiger partial charge in [-0.1, -0.05) is 19.1 Å². The van der Waals surface area contributed by atoms with E-state index in [1.165, 1.54) is 0 Å². The average Bonchev–Trinajstić information content (AvgIpc) is 2.75. The van der Waals surface area contributed by atoms with Gasteiger partial charge in [-0.2, -0.15) is 11.8 Å². The molecule has 0 spiro atoms. The molecule has 0 radical (unpaired) electrons. The smallest absolute Gasteiger partial charge is 0.229 e. The zero-order valence-corrected chi connectivity index (χ0v) is 10.6. The van der Waals surface area contributed by atoms with E-state index in [4.69, 9.17) is 5.73 Å². The second-order valence-corrected chi connectivity index (χ2v) is 5.98. The lowest BCUT2D eigenvalue weighted by atomic mass is 10.1. The highest BCUT2D eigenvalue weighted by Gasteiger charge is 2.30. The second kappa shape index (κ2) is 5.23. The minimum absolute atomic E-state index is 0.0376. The van der Waals surface area contributed by atoms with Crippen LogP contribution in [0.3, 0.4) is 0 Å². The van der Waals surface area contributed by atoms with Gasteiger partial charge in [0.05, 0.1) is 5.92 Å². The number of hydrogen-bond acceptors (Lipinski definition) is 3. The topological polar surface area (TPSA) is 46.3 Å². The molecule has 0 aromatic heterocycles. The molecule has 4 heteroatoms. The highest BCUT2D eigenvalue weighted by molar-refractivity contribution is 8.00. The van der Waals surface area contributed by atoms with Gasteiger partial charge >= 0.3 is 0 Å². The number of nitrogens with zero attached hydrogens (tertiary/aromatic N) is 1. The molecule has 2 aliphatic rings. The van der Waals surface area contributed by atoms with Crippen LogP contribution in [0.15, 0.2) is 12.2 Å². The van der Waals surface area contributed by atoms with Crippen molar-refractivity contribution in [1.29, 1.82) is 0 Å². The van der Waals surface area contributed by atoms with Crippen LogP contribution >= 0.6 is 11.8 Å². The van der Waals surface area contributed by atoms with Crippen LogP contribution in [0.25, 0.3) is 0 Å². The number of nitrogens with two attached hydrogens (primary N) is 1. The Morgan fingerprint density at radius 3 is 3.00 bits per heavy atom. The van der Waals surface area contributed by atoms with Crippen molar-refractivity contribution in [2.45, 2.75) is 31.1 Å². The van der Waals surface area contributed by atoms with Crippen LogP contribution in [-0.4, -0.2) is 40.9 Å². The molecule has 1 aliphatic heterocycles. The van der Waals surface area contributed by atoms with Crippen molar-refractivity contribution in [2.75, 3.05) is 18.8 Å². The summed E-state index contributed by atoms with van der Waals surface area (Å²) in [4.78, 5) is 14.2. The summed E-state index contributed by atoms with van der Waals surface area (Å²) in [6.07, 6.45) is 5.88. The van der Waals surface area contributed by atoms with Crippen LogP contribution < -0.4 is 5.73 Å². The van der Waals surface area contributed by atoms with E-state index < -0.39 is 0 Å². The Balaban J connectivity index is 1.91. The summed E-state index contributed by atoms with van der Waals surface area (Å²) in [6.45, 7) is 4.01. The lowest BCUT2D eigenvalue weighted by molar-refractivity contribution is -0.133. The van der Waals surface area contributed by atoms with E-state index in [0.29, 0.717) is 5.25 Å². The van der Waals surface area contributed by atoms with Crippen molar-refractivity contribution < 1.29 is 4.79 Å². The molecule has 90 valence electrons. The Hall–Kier alpha value is -0.480. The van der Waals surface area contributed by atoms with Crippen molar-refractivity contribution in [3.8, 4) is 0 Å². The van der Waals surface area contributed by atoms with Crippen molar-refractivity contribution >= 4 is 17.7 Å². The van der Waals surface area contributed by atoms with Gasteiger partial charge in [-0.25, -0.2) is 0 Å². The predicted molar refractivity (Wildman–Crippen MR) is 68.3 cm³/mol. The molecule has 1 aliphatic carbocycles. The van der Waals surface area contributed by atoms with Gasteiger partial charge in [0.15, 0.2) is 0 Å². The fourth-order valence-corrected chi connectivity index (χ4v) is 3.49. The van der Waals surface area contributed by atoms with Crippen LogP contribution in [0.2, 0.25) is 0 Å². The summed E-state index contributed by atoms with van der Waals surface area (Å²) in [6, 6.07) is 0.0788. The maximum Gasteiger partial charge on any atom is 0.229 e. The Labute approximate surface area is 101 Å². The van der Waals surface area contributed by atoms with E-state index in [2.05, 4.69) is 6.92 Å². The van der Waals surface area contributed by atoms with Crippen LogP contribution in [0.5, 0.6) is 0 Å². The van der Waals surface area contributed by atoms with Crippen LogP contribution in [0, 0.1) is 5.92 Å². The summed E-state index contributed by atoms with van der Waals surface area (Å²) >= 11 is 1.99. The number of carbonyl (C=O) groups excluding carboxylic acids is 1. The summed E-state index contributed by atoms with van der Waals surface area (Å²) in [7, 11) is 0. The van der Waals surface area contributed by atoms with Gasteiger partial charge < -0.3 is 10.6 Å². The van der Waals surface area contributed by atoms with Crippen molar-refractivity contribution in [1.82, 2.24) is 4.90 Å². The normalized spacial score (nSPS) is 34.4. The minimum Gasteiger partial charge on any atom is -0.340 e. The predicted octanol–water partition coefficient (Wildman–Crippen LogP) is 1.24. The lowest BCUT2D eigenvalue weighted by Gasteiger charge is -2.33. The molecule has 0 bridgehead atoms. The largest absolute Gasteiger partial charge is 0.340 e. The molecule has 1 heterocycles. The fourth-order valence-electron chi connectivity index (χ4n) is 2.31. The summed E-state index contributed by atoms with van der Waals surface area (Å²) in [5.74, 6) is 1.39. The van der Waals surface area contributed by atoms with Crippen molar-refractivity contribution in [3.05, 3.63) is 12.2 Å². The number of amides is 1. The third-order valence-electron chi connectivity index (χ3n) is 3.34. The van der Waals surface area contributed by atoms with E-state index in [1.807, 2.05) is 28.8 Å². The third kappa shape index (κ3) is 2.61. The van der Waals surface area contributed by atoms with E-state index in [1.54, 1.807) is 0 Å². The highest BCUT2D eigenvalue weighted by Crippen LogP contribution is 2.25. The molecule has 2 N–H and O–H groups in total. The first-order chi connectivity index (χ1) is 7.70. The molecule has 0 saturated carbocycles. The van der Waals surface area contributed by atoms with Gasteiger partial charge in [0, 0.05) is 30.1 Å². The maximum atomic E-state index is 12.2. The Morgan fingerprint density at radius 2 is 2.38 bits per heavy atom. The Morgan fingerprint density at radius 1 is 1.56 bits per heavy atom. The fraction of sp³-hybridized carbons (Fsp3) is 0.750. The molecular formula is C12H20N2OS. The molecule has 3 atom stereocenters. The molecule has 2 rings (SSSR count). The van der Waals surface area contributed by atoms with Crippen molar-refractivity contribution in [2.24, 2.45) is 11.7 Å². The highest BCUT2D eigenvalue weighted by atomic mass is 32.2. The Bertz CT molecular complexity index is 293. The monoisotopic (exact) mass is 240 g/mol. The van der Waals surface area contributed by atoms with E-state index in [9.17, 15) is 4.79 Å². The third-order valence-corrected chi connectivity index (χ3v) is 4.71. The summed E-state index contributed by atoms with van der Waals surface area (Å²) in [5.41, 5.74) is 5.78. The Kier molecular flexibility index (Phi) is 3.92. The van der Waals surface area contributed by atoms with Gasteiger partial charge in [0.25, 0.3) is 0 Å². The first-order valence-electron chi connectivity index (χ1n) is 6.05. The summed E-state index contributed by atoms with van der Waals surface area (Å²) in [5, 5.41) is 0.622. The number of thioether (sulfide) groups is 1. The molecular weight excluding hydrogens is 220 g/mol. The number of rotatable bonds is 2.